The van der Waals surface area contributed by atoms with E-state index in [1.54, 1.807) is 0 Å². The van der Waals surface area contributed by atoms with Crippen molar-refractivity contribution >= 4 is 17.1 Å². The molecular formula is C18H22N2O. The number of anilines is 3. The number of rotatable bonds is 4. The first-order valence-electron chi connectivity index (χ1n) is 7.60. The summed E-state index contributed by atoms with van der Waals surface area (Å²) < 4.78 is 5.76. The van der Waals surface area contributed by atoms with Crippen molar-refractivity contribution in [1.29, 1.82) is 0 Å². The fourth-order valence-corrected chi connectivity index (χ4v) is 2.97. The topological polar surface area (TPSA) is 38.5 Å². The van der Waals surface area contributed by atoms with Gasteiger partial charge in [-0.3, -0.25) is 0 Å². The fraction of sp³-hybridized carbons (Fsp3) is 0.333. The molecule has 1 atom stereocenters. The molecule has 3 rings (SSSR count). The Morgan fingerprint density at radius 1 is 1.24 bits per heavy atom. The lowest BCUT2D eigenvalue weighted by molar-refractivity contribution is 0.319. The summed E-state index contributed by atoms with van der Waals surface area (Å²) in [5.74, 6) is 0.783. The van der Waals surface area contributed by atoms with Crippen LogP contribution < -0.4 is 15.4 Å². The van der Waals surface area contributed by atoms with E-state index in [-0.39, 0.29) is 0 Å². The highest BCUT2D eigenvalue weighted by Gasteiger charge is 2.27. The van der Waals surface area contributed by atoms with E-state index >= 15 is 0 Å². The molecule has 2 aromatic rings. The fourth-order valence-electron chi connectivity index (χ4n) is 2.97. The van der Waals surface area contributed by atoms with E-state index in [0.29, 0.717) is 18.3 Å². The molecule has 0 bridgehead atoms. The van der Waals surface area contributed by atoms with E-state index < -0.39 is 0 Å². The van der Waals surface area contributed by atoms with Crippen molar-refractivity contribution in [1.82, 2.24) is 0 Å². The number of benzene rings is 2. The van der Waals surface area contributed by atoms with Crippen LogP contribution in [0.3, 0.4) is 0 Å². The van der Waals surface area contributed by atoms with Crippen LogP contribution in [-0.4, -0.2) is 12.6 Å². The van der Waals surface area contributed by atoms with E-state index in [1.807, 2.05) is 6.07 Å². The molecule has 1 heterocycles. The third-order valence-electron chi connectivity index (χ3n) is 3.94. The van der Waals surface area contributed by atoms with Gasteiger partial charge in [0.2, 0.25) is 0 Å². The molecule has 3 nitrogen and oxygen atoms in total. The predicted molar refractivity (Wildman–Crippen MR) is 88.4 cm³/mol. The van der Waals surface area contributed by atoms with Gasteiger partial charge in [-0.2, -0.15) is 0 Å². The second-order valence-corrected chi connectivity index (χ2v) is 5.62. The Labute approximate surface area is 126 Å². The van der Waals surface area contributed by atoms with E-state index in [0.717, 1.165) is 24.3 Å². The molecule has 2 N–H and O–H groups in total. The molecule has 1 unspecified atom stereocenters. The summed E-state index contributed by atoms with van der Waals surface area (Å²) in [6.07, 6.45) is 2.05. The van der Waals surface area contributed by atoms with E-state index in [4.69, 9.17) is 10.5 Å². The molecular weight excluding hydrogens is 260 g/mol. The molecule has 0 aliphatic carbocycles. The quantitative estimate of drug-likeness (QED) is 0.856. The summed E-state index contributed by atoms with van der Waals surface area (Å²) in [6, 6.07) is 15.1. The molecule has 0 saturated carbocycles. The van der Waals surface area contributed by atoms with Crippen LogP contribution in [0, 0.1) is 0 Å². The van der Waals surface area contributed by atoms with Crippen molar-refractivity contribution < 1.29 is 4.74 Å². The van der Waals surface area contributed by atoms with Crippen LogP contribution in [0.2, 0.25) is 0 Å². The second-order valence-electron chi connectivity index (χ2n) is 5.62. The largest absolute Gasteiger partial charge is 0.491 e. The van der Waals surface area contributed by atoms with Crippen LogP contribution >= 0.6 is 0 Å². The number of fused-ring (bicyclic) bond motifs is 1. The number of nitrogen functional groups attached to an aromatic ring is 1. The zero-order chi connectivity index (χ0) is 14.8. The standard InChI is InChI=1S/C18H22N2O/c1-3-10-21-18-12-15(8-9-16(18)19)20-13(2)11-14-6-4-5-7-17(14)20/h4-9,12-13H,3,10-11,19H2,1-2H3. The monoisotopic (exact) mass is 282 g/mol. The molecule has 0 fully saturated rings. The van der Waals surface area contributed by atoms with Gasteiger partial charge in [0.05, 0.1) is 12.3 Å². The van der Waals surface area contributed by atoms with Gasteiger partial charge in [-0.25, -0.2) is 0 Å². The minimum absolute atomic E-state index is 0.449. The molecule has 1 aliphatic heterocycles. The maximum atomic E-state index is 6.01. The highest BCUT2D eigenvalue weighted by molar-refractivity contribution is 5.74. The minimum Gasteiger partial charge on any atom is -0.491 e. The lowest BCUT2D eigenvalue weighted by Crippen LogP contribution is -2.23. The molecule has 0 aromatic heterocycles. The molecule has 21 heavy (non-hydrogen) atoms. The molecule has 0 spiro atoms. The van der Waals surface area contributed by atoms with Crippen LogP contribution in [0.15, 0.2) is 42.5 Å². The maximum absolute atomic E-state index is 6.01. The number of hydrogen-bond acceptors (Lipinski definition) is 3. The van der Waals surface area contributed by atoms with Gasteiger partial charge in [0.25, 0.3) is 0 Å². The summed E-state index contributed by atoms with van der Waals surface area (Å²) in [4.78, 5) is 2.37. The van der Waals surface area contributed by atoms with Crippen molar-refractivity contribution in [2.45, 2.75) is 32.7 Å². The Bertz CT molecular complexity index is 639. The van der Waals surface area contributed by atoms with Crippen molar-refractivity contribution in [3.63, 3.8) is 0 Å². The highest BCUT2D eigenvalue weighted by Crippen LogP contribution is 2.40. The Morgan fingerprint density at radius 2 is 2.05 bits per heavy atom. The van der Waals surface area contributed by atoms with E-state index in [1.165, 1.54) is 11.3 Å². The number of nitrogens with two attached hydrogens (primary N) is 1. The molecule has 3 heteroatoms. The molecule has 1 aliphatic rings. The van der Waals surface area contributed by atoms with Gasteiger partial charge < -0.3 is 15.4 Å². The summed E-state index contributed by atoms with van der Waals surface area (Å²) in [5, 5.41) is 0. The molecule has 0 saturated heterocycles. The van der Waals surface area contributed by atoms with Gasteiger partial charge in [0.1, 0.15) is 5.75 Å². The Kier molecular flexibility index (Phi) is 3.74. The molecule has 0 amide bonds. The summed E-state index contributed by atoms with van der Waals surface area (Å²) in [5.41, 5.74) is 10.6. The Balaban J connectivity index is 1.97. The normalized spacial score (nSPS) is 16.9. The van der Waals surface area contributed by atoms with E-state index in [9.17, 15) is 0 Å². The van der Waals surface area contributed by atoms with Crippen molar-refractivity contribution in [2.75, 3.05) is 17.2 Å². The molecule has 2 aromatic carbocycles. The summed E-state index contributed by atoms with van der Waals surface area (Å²) in [7, 11) is 0. The van der Waals surface area contributed by atoms with Crippen LogP contribution in [0.1, 0.15) is 25.8 Å². The first-order valence-corrected chi connectivity index (χ1v) is 7.60. The number of nitrogens with zero attached hydrogens (tertiary/aromatic N) is 1. The van der Waals surface area contributed by atoms with Crippen LogP contribution in [0.5, 0.6) is 5.75 Å². The third-order valence-corrected chi connectivity index (χ3v) is 3.94. The van der Waals surface area contributed by atoms with E-state index in [2.05, 4.69) is 55.1 Å². The molecule has 110 valence electrons. The van der Waals surface area contributed by atoms with Gasteiger partial charge in [-0.15, -0.1) is 0 Å². The SMILES string of the molecule is CCCOc1cc(N2c3ccccc3CC2C)ccc1N. The maximum Gasteiger partial charge on any atom is 0.144 e. The van der Waals surface area contributed by atoms with Gasteiger partial charge in [-0.05, 0) is 43.5 Å². The van der Waals surface area contributed by atoms with Crippen LogP contribution in [0.4, 0.5) is 17.1 Å². The Hall–Kier alpha value is -2.16. The number of ether oxygens (including phenoxy) is 1. The zero-order valence-electron chi connectivity index (χ0n) is 12.7. The van der Waals surface area contributed by atoms with Crippen LogP contribution in [0.25, 0.3) is 0 Å². The van der Waals surface area contributed by atoms with Crippen molar-refractivity contribution in [3.05, 3.63) is 48.0 Å². The smallest absolute Gasteiger partial charge is 0.144 e. The average molecular weight is 282 g/mol. The lowest BCUT2D eigenvalue weighted by Gasteiger charge is -2.26. The van der Waals surface area contributed by atoms with Crippen molar-refractivity contribution in [2.24, 2.45) is 0 Å². The minimum atomic E-state index is 0.449. The number of para-hydroxylation sites is 1. The van der Waals surface area contributed by atoms with Gasteiger partial charge in [0.15, 0.2) is 0 Å². The van der Waals surface area contributed by atoms with Gasteiger partial charge in [-0.1, -0.05) is 25.1 Å². The zero-order valence-corrected chi connectivity index (χ0v) is 12.7. The highest BCUT2D eigenvalue weighted by atomic mass is 16.5. The lowest BCUT2D eigenvalue weighted by atomic mass is 10.1. The van der Waals surface area contributed by atoms with Crippen molar-refractivity contribution in [3.8, 4) is 5.75 Å². The van der Waals surface area contributed by atoms with Gasteiger partial charge in [0, 0.05) is 23.5 Å². The predicted octanol–water partition coefficient (Wildman–Crippen LogP) is 4.14. The average Bonchev–Trinajstić information content (AvgIpc) is 2.82. The first-order chi connectivity index (χ1) is 10.2. The van der Waals surface area contributed by atoms with Crippen LogP contribution in [-0.2, 0) is 6.42 Å². The Morgan fingerprint density at radius 3 is 2.86 bits per heavy atom. The summed E-state index contributed by atoms with van der Waals surface area (Å²) in [6.45, 7) is 5.04. The second kappa shape index (κ2) is 5.68. The number of hydrogen-bond donors (Lipinski definition) is 1. The molecule has 0 radical (unpaired) electrons. The summed E-state index contributed by atoms with van der Waals surface area (Å²) >= 11 is 0. The van der Waals surface area contributed by atoms with Gasteiger partial charge >= 0.3 is 0 Å². The third kappa shape index (κ3) is 2.56. The first kappa shape index (κ1) is 13.8.